The van der Waals surface area contributed by atoms with Gasteiger partial charge in [0.25, 0.3) is 5.91 Å². The highest BCUT2D eigenvalue weighted by atomic mass is 35.5. The molecule has 2 rings (SSSR count). The number of amides is 2. The van der Waals surface area contributed by atoms with Crippen molar-refractivity contribution >= 4 is 40.7 Å². The Bertz CT molecular complexity index is 800. The maximum atomic E-state index is 11.9. The fraction of sp³-hybridized carbons (Fsp3) is 0.0625. The van der Waals surface area contributed by atoms with Gasteiger partial charge in [-0.2, -0.15) is 5.26 Å². The third-order valence-electron chi connectivity index (χ3n) is 2.87. The minimum absolute atomic E-state index is 0.238. The molecular weight excluding hydrogens is 337 g/mol. The number of nitriles is 1. The van der Waals surface area contributed by atoms with Crippen molar-refractivity contribution in [2.45, 2.75) is 0 Å². The first-order valence-electron chi connectivity index (χ1n) is 6.53. The van der Waals surface area contributed by atoms with E-state index in [2.05, 4.69) is 10.6 Å². The normalized spacial score (nSPS) is 9.78. The number of halogens is 2. The van der Waals surface area contributed by atoms with E-state index in [0.29, 0.717) is 26.9 Å². The second kappa shape index (κ2) is 7.63. The summed E-state index contributed by atoms with van der Waals surface area (Å²) in [5.74, 6) is -0.895. The quantitative estimate of drug-likeness (QED) is 0.890. The number of anilines is 1. The highest BCUT2D eigenvalue weighted by molar-refractivity contribution is 6.35. The second-order valence-electron chi connectivity index (χ2n) is 4.55. The monoisotopic (exact) mass is 347 g/mol. The first kappa shape index (κ1) is 16.8. The van der Waals surface area contributed by atoms with Gasteiger partial charge in [0.05, 0.1) is 28.9 Å². The summed E-state index contributed by atoms with van der Waals surface area (Å²) in [7, 11) is 0. The van der Waals surface area contributed by atoms with Gasteiger partial charge in [-0.1, -0.05) is 29.3 Å². The zero-order chi connectivity index (χ0) is 16.8. The van der Waals surface area contributed by atoms with E-state index in [1.165, 1.54) is 12.1 Å². The third kappa shape index (κ3) is 4.71. The van der Waals surface area contributed by atoms with E-state index in [1.807, 2.05) is 6.07 Å². The molecule has 0 fully saturated rings. The standard InChI is InChI=1S/C16H11Cl2N3O2/c17-12-4-5-13(18)14(7-12)21-15(22)9-20-16(23)11-3-1-2-10(6-11)8-19/h1-7H,9H2,(H,20,23)(H,21,22). The van der Waals surface area contributed by atoms with Crippen molar-refractivity contribution in [1.29, 1.82) is 5.26 Å². The van der Waals surface area contributed by atoms with Gasteiger partial charge < -0.3 is 10.6 Å². The molecule has 0 aliphatic carbocycles. The molecule has 0 heterocycles. The molecule has 0 saturated carbocycles. The fourth-order valence-electron chi connectivity index (χ4n) is 1.78. The third-order valence-corrected chi connectivity index (χ3v) is 3.43. The van der Waals surface area contributed by atoms with E-state index in [9.17, 15) is 9.59 Å². The molecule has 7 heteroatoms. The van der Waals surface area contributed by atoms with Crippen molar-refractivity contribution in [3.05, 3.63) is 63.6 Å². The van der Waals surface area contributed by atoms with Crippen molar-refractivity contribution < 1.29 is 9.59 Å². The molecule has 2 aromatic carbocycles. The number of benzene rings is 2. The van der Waals surface area contributed by atoms with Gasteiger partial charge >= 0.3 is 0 Å². The lowest BCUT2D eigenvalue weighted by Crippen LogP contribution is -2.32. The summed E-state index contributed by atoms with van der Waals surface area (Å²) in [4.78, 5) is 23.8. The van der Waals surface area contributed by atoms with Gasteiger partial charge in [-0.15, -0.1) is 0 Å². The van der Waals surface area contributed by atoms with Crippen LogP contribution in [0, 0.1) is 11.3 Å². The highest BCUT2D eigenvalue weighted by Crippen LogP contribution is 2.25. The Balaban J connectivity index is 1.95. The lowest BCUT2D eigenvalue weighted by Gasteiger charge is -2.09. The Morgan fingerprint density at radius 1 is 1.13 bits per heavy atom. The molecular formula is C16H11Cl2N3O2. The molecule has 5 nitrogen and oxygen atoms in total. The van der Waals surface area contributed by atoms with Crippen molar-refractivity contribution in [1.82, 2.24) is 5.32 Å². The number of carbonyl (C=O) groups is 2. The Labute approximate surface area is 142 Å². The van der Waals surface area contributed by atoms with Gasteiger partial charge in [0, 0.05) is 10.6 Å². The van der Waals surface area contributed by atoms with Crippen LogP contribution in [-0.2, 0) is 4.79 Å². The van der Waals surface area contributed by atoms with Gasteiger partial charge in [-0.05, 0) is 36.4 Å². The molecule has 0 unspecified atom stereocenters. The van der Waals surface area contributed by atoms with Gasteiger partial charge in [-0.25, -0.2) is 0 Å². The molecule has 23 heavy (non-hydrogen) atoms. The summed E-state index contributed by atoms with van der Waals surface area (Å²) in [6.07, 6.45) is 0. The predicted molar refractivity (Wildman–Crippen MR) is 88.6 cm³/mol. The van der Waals surface area contributed by atoms with Crippen LogP contribution in [0.25, 0.3) is 0 Å². The minimum Gasteiger partial charge on any atom is -0.343 e. The van der Waals surface area contributed by atoms with Gasteiger partial charge in [-0.3, -0.25) is 9.59 Å². The van der Waals surface area contributed by atoms with E-state index >= 15 is 0 Å². The predicted octanol–water partition coefficient (Wildman–Crippen LogP) is 3.23. The summed E-state index contributed by atoms with van der Waals surface area (Å²) in [5.41, 5.74) is 1.04. The smallest absolute Gasteiger partial charge is 0.251 e. The number of hydrogen-bond donors (Lipinski definition) is 2. The average Bonchev–Trinajstić information content (AvgIpc) is 2.56. The molecule has 0 aromatic heterocycles. The van der Waals surface area contributed by atoms with E-state index in [4.69, 9.17) is 28.5 Å². The summed E-state index contributed by atoms with van der Waals surface area (Å²) < 4.78 is 0. The number of nitrogens with one attached hydrogen (secondary N) is 2. The van der Waals surface area contributed by atoms with Crippen LogP contribution in [-0.4, -0.2) is 18.4 Å². The topological polar surface area (TPSA) is 82.0 Å². The van der Waals surface area contributed by atoms with Crippen molar-refractivity contribution in [2.75, 3.05) is 11.9 Å². The van der Waals surface area contributed by atoms with E-state index in [-0.39, 0.29) is 6.54 Å². The number of rotatable bonds is 4. The van der Waals surface area contributed by atoms with E-state index < -0.39 is 11.8 Å². The zero-order valence-corrected chi connectivity index (χ0v) is 13.3. The van der Waals surface area contributed by atoms with Crippen LogP contribution in [0.15, 0.2) is 42.5 Å². The molecule has 0 saturated heterocycles. The summed E-state index contributed by atoms with van der Waals surface area (Å²) in [6, 6.07) is 12.8. The molecule has 0 spiro atoms. The number of carbonyl (C=O) groups excluding carboxylic acids is 2. The molecule has 2 N–H and O–H groups in total. The van der Waals surface area contributed by atoms with E-state index in [1.54, 1.807) is 30.3 Å². The molecule has 116 valence electrons. The Hall–Kier alpha value is -2.55. The van der Waals surface area contributed by atoms with Crippen LogP contribution in [0.5, 0.6) is 0 Å². The molecule has 0 aliphatic heterocycles. The molecule has 0 bridgehead atoms. The molecule has 0 atom stereocenters. The molecule has 0 aliphatic rings. The van der Waals surface area contributed by atoms with Gasteiger partial charge in [0.1, 0.15) is 0 Å². The van der Waals surface area contributed by atoms with Crippen molar-refractivity contribution in [3.63, 3.8) is 0 Å². The van der Waals surface area contributed by atoms with Crippen LogP contribution in [0.4, 0.5) is 5.69 Å². The van der Waals surface area contributed by atoms with Gasteiger partial charge in [0.15, 0.2) is 0 Å². The summed E-state index contributed by atoms with van der Waals surface area (Å²) >= 11 is 11.8. The first-order chi connectivity index (χ1) is 11.0. The Kier molecular flexibility index (Phi) is 5.58. The minimum atomic E-state index is -0.450. The van der Waals surface area contributed by atoms with Crippen LogP contribution >= 0.6 is 23.2 Å². The molecule has 0 radical (unpaired) electrons. The number of nitrogens with zero attached hydrogens (tertiary/aromatic N) is 1. The second-order valence-corrected chi connectivity index (χ2v) is 5.39. The fourth-order valence-corrected chi connectivity index (χ4v) is 2.12. The lowest BCUT2D eigenvalue weighted by atomic mass is 10.1. The molecule has 2 aromatic rings. The summed E-state index contributed by atoms with van der Waals surface area (Å²) in [6.45, 7) is -0.238. The molecule has 2 amide bonds. The maximum Gasteiger partial charge on any atom is 0.251 e. The van der Waals surface area contributed by atoms with E-state index in [0.717, 1.165) is 0 Å². The summed E-state index contributed by atoms with van der Waals surface area (Å²) in [5, 5.41) is 14.6. The van der Waals surface area contributed by atoms with Crippen molar-refractivity contribution in [3.8, 4) is 6.07 Å². The van der Waals surface area contributed by atoms with Crippen LogP contribution < -0.4 is 10.6 Å². The zero-order valence-electron chi connectivity index (χ0n) is 11.8. The first-order valence-corrected chi connectivity index (χ1v) is 7.28. The average molecular weight is 348 g/mol. The lowest BCUT2D eigenvalue weighted by molar-refractivity contribution is -0.115. The van der Waals surface area contributed by atoms with Gasteiger partial charge in [0.2, 0.25) is 5.91 Å². The Morgan fingerprint density at radius 2 is 1.91 bits per heavy atom. The van der Waals surface area contributed by atoms with Crippen LogP contribution in [0.3, 0.4) is 0 Å². The largest absolute Gasteiger partial charge is 0.343 e. The maximum absolute atomic E-state index is 11.9. The van der Waals surface area contributed by atoms with Crippen molar-refractivity contribution in [2.24, 2.45) is 0 Å². The number of hydrogen-bond acceptors (Lipinski definition) is 3. The van der Waals surface area contributed by atoms with Crippen LogP contribution in [0.1, 0.15) is 15.9 Å². The Morgan fingerprint density at radius 3 is 2.65 bits per heavy atom. The highest BCUT2D eigenvalue weighted by Gasteiger charge is 2.10. The SMILES string of the molecule is N#Cc1cccc(C(=O)NCC(=O)Nc2cc(Cl)ccc2Cl)c1. The van der Waals surface area contributed by atoms with Crippen LogP contribution in [0.2, 0.25) is 10.0 Å².